The monoisotopic (exact) mass is 381 g/mol. The molecule has 2 atom stereocenters. The van der Waals surface area contributed by atoms with Crippen LogP contribution in [0.3, 0.4) is 0 Å². The number of rotatable bonds is 5. The number of nitrogens with zero attached hydrogens (tertiary/aromatic N) is 2. The van der Waals surface area contributed by atoms with Crippen LogP contribution in [0.2, 0.25) is 0 Å². The van der Waals surface area contributed by atoms with Gasteiger partial charge in [-0.2, -0.15) is 5.10 Å². The van der Waals surface area contributed by atoms with Crippen LogP contribution in [-0.2, 0) is 16.1 Å². The van der Waals surface area contributed by atoms with Crippen LogP contribution >= 0.6 is 12.4 Å². The normalized spacial score (nSPS) is 30.2. The van der Waals surface area contributed by atoms with Crippen molar-refractivity contribution in [2.75, 3.05) is 5.32 Å². The van der Waals surface area contributed by atoms with E-state index in [0.29, 0.717) is 23.6 Å². The summed E-state index contributed by atoms with van der Waals surface area (Å²) in [6.07, 6.45) is 10.8. The van der Waals surface area contributed by atoms with Gasteiger partial charge in [0.05, 0.1) is 11.9 Å². The first-order chi connectivity index (χ1) is 12.1. The lowest BCUT2D eigenvalue weighted by Crippen LogP contribution is -2.48. The number of carbonyl (C=O) groups is 2. The average Bonchev–Trinajstić information content (AvgIpc) is 3.25. The fourth-order valence-electron chi connectivity index (χ4n) is 4.41. The van der Waals surface area contributed by atoms with Gasteiger partial charge < -0.3 is 16.4 Å². The number of nitrogens with one attached hydrogen (secondary N) is 2. The molecule has 0 aliphatic heterocycles. The van der Waals surface area contributed by atoms with Gasteiger partial charge in [0.2, 0.25) is 11.8 Å². The Morgan fingerprint density at radius 2 is 1.88 bits per heavy atom. The Morgan fingerprint density at radius 3 is 2.54 bits per heavy atom. The molecular formula is C18H28ClN5O2. The van der Waals surface area contributed by atoms with Crippen LogP contribution in [0.5, 0.6) is 0 Å². The molecule has 0 aromatic carbocycles. The second-order valence-corrected chi connectivity index (χ2v) is 7.95. The van der Waals surface area contributed by atoms with Crippen LogP contribution < -0.4 is 16.4 Å². The summed E-state index contributed by atoms with van der Waals surface area (Å²) in [4.78, 5) is 24.4. The molecule has 144 valence electrons. The third-order valence-electron chi connectivity index (χ3n) is 5.93. The maximum atomic E-state index is 12.6. The summed E-state index contributed by atoms with van der Waals surface area (Å²) in [5.41, 5.74) is 6.96. The molecule has 3 aliphatic rings. The van der Waals surface area contributed by atoms with Gasteiger partial charge in [-0.3, -0.25) is 14.3 Å². The Kier molecular flexibility index (Phi) is 5.87. The van der Waals surface area contributed by atoms with Gasteiger partial charge in [0.1, 0.15) is 6.54 Å². The van der Waals surface area contributed by atoms with Crippen molar-refractivity contribution in [2.24, 2.45) is 23.5 Å². The Hall–Kier alpha value is -1.60. The molecule has 3 fully saturated rings. The lowest BCUT2D eigenvalue weighted by molar-refractivity contribution is -0.123. The van der Waals surface area contributed by atoms with Crippen LogP contribution in [0.15, 0.2) is 12.4 Å². The van der Waals surface area contributed by atoms with E-state index >= 15 is 0 Å². The molecule has 1 aromatic rings. The van der Waals surface area contributed by atoms with Crippen molar-refractivity contribution in [2.45, 2.75) is 63.6 Å². The van der Waals surface area contributed by atoms with Crippen molar-refractivity contribution in [1.29, 1.82) is 0 Å². The molecule has 0 saturated heterocycles. The van der Waals surface area contributed by atoms with Gasteiger partial charge in [-0.25, -0.2) is 0 Å². The van der Waals surface area contributed by atoms with Crippen molar-refractivity contribution in [3.63, 3.8) is 0 Å². The minimum absolute atomic E-state index is 0. The van der Waals surface area contributed by atoms with Crippen LogP contribution in [0.1, 0.15) is 44.9 Å². The van der Waals surface area contributed by atoms with E-state index in [1.54, 1.807) is 17.1 Å². The van der Waals surface area contributed by atoms with Crippen LogP contribution in [0, 0.1) is 17.8 Å². The first-order valence-corrected chi connectivity index (χ1v) is 9.47. The Balaban J connectivity index is 0.00000196. The molecule has 2 unspecified atom stereocenters. The summed E-state index contributed by atoms with van der Waals surface area (Å²) in [6.45, 7) is 0.189. The van der Waals surface area contributed by atoms with Crippen molar-refractivity contribution < 1.29 is 9.59 Å². The molecule has 4 N–H and O–H groups in total. The molecule has 2 bridgehead atoms. The molecule has 7 nitrogen and oxygen atoms in total. The van der Waals surface area contributed by atoms with Crippen molar-refractivity contribution in [3.8, 4) is 0 Å². The molecule has 1 heterocycles. The second kappa shape index (κ2) is 7.96. The topological polar surface area (TPSA) is 102 Å². The lowest BCUT2D eigenvalue weighted by atomic mass is 9.65. The number of carbonyl (C=O) groups excluding carboxylic acids is 2. The van der Waals surface area contributed by atoms with Crippen LogP contribution in [-0.4, -0.2) is 33.7 Å². The minimum atomic E-state index is -0.0300. The molecule has 8 heteroatoms. The third kappa shape index (κ3) is 4.38. The number of hydrogen-bond acceptors (Lipinski definition) is 4. The molecule has 26 heavy (non-hydrogen) atoms. The highest BCUT2D eigenvalue weighted by Gasteiger charge is 2.40. The van der Waals surface area contributed by atoms with Gasteiger partial charge in [0.15, 0.2) is 0 Å². The van der Waals surface area contributed by atoms with E-state index in [4.69, 9.17) is 5.73 Å². The number of hydrogen-bond donors (Lipinski definition) is 3. The maximum absolute atomic E-state index is 12.6. The highest BCUT2D eigenvalue weighted by atomic mass is 35.5. The molecule has 3 saturated carbocycles. The smallest absolute Gasteiger partial charge is 0.241 e. The van der Waals surface area contributed by atoms with Crippen LogP contribution in [0.4, 0.5) is 5.69 Å². The van der Waals surface area contributed by atoms with E-state index in [1.165, 1.54) is 6.42 Å². The second-order valence-electron chi connectivity index (χ2n) is 7.95. The highest BCUT2D eigenvalue weighted by Crippen LogP contribution is 2.42. The summed E-state index contributed by atoms with van der Waals surface area (Å²) in [5.74, 6) is 1.04. The van der Waals surface area contributed by atoms with Gasteiger partial charge >= 0.3 is 0 Å². The fourth-order valence-corrected chi connectivity index (χ4v) is 4.41. The van der Waals surface area contributed by atoms with Crippen molar-refractivity contribution in [3.05, 3.63) is 12.4 Å². The van der Waals surface area contributed by atoms with E-state index in [9.17, 15) is 9.59 Å². The summed E-state index contributed by atoms with van der Waals surface area (Å²) in [6, 6.07) is 0.616. The maximum Gasteiger partial charge on any atom is 0.241 e. The number of nitrogens with two attached hydrogens (primary N) is 1. The fraction of sp³-hybridized carbons (Fsp3) is 0.722. The van der Waals surface area contributed by atoms with Crippen molar-refractivity contribution in [1.82, 2.24) is 15.1 Å². The largest absolute Gasteiger partial charge is 0.352 e. The predicted octanol–water partition coefficient (Wildman–Crippen LogP) is 1.68. The molecule has 2 amide bonds. The van der Waals surface area contributed by atoms with Crippen LogP contribution in [0.25, 0.3) is 0 Å². The van der Waals surface area contributed by atoms with Gasteiger partial charge in [0.25, 0.3) is 0 Å². The van der Waals surface area contributed by atoms with E-state index in [2.05, 4.69) is 15.7 Å². The van der Waals surface area contributed by atoms with E-state index in [-0.39, 0.29) is 42.7 Å². The lowest BCUT2D eigenvalue weighted by Gasteiger charge is -2.43. The van der Waals surface area contributed by atoms with E-state index < -0.39 is 0 Å². The predicted molar refractivity (Wildman–Crippen MR) is 101 cm³/mol. The van der Waals surface area contributed by atoms with Gasteiger partial charge in [-0.1, -0.05) is 6.42 Å². The molecule has 1 aromatic heterocycles. The SMILES string of the molecule is Cl.NC1C2CCCC1CC(C(=O)Nc1cnn(CC(=O)NC3CC3)c1)C2. The summed E-state index contributed by atoms with van der Waals surface area (Å²) < 4.78 is 1.57. The standard InChI is InChI=1S/C18H27N5O2.ClH/c19-17-11-2-1-3-12(17)7-13(6-11)18(25)22-15-8-20-23(9-15)10-16(24)21-14-4-5-14;/h8-9,11-14,17H,1-7,10,19H2,(H,21,24)(H,22,25);1H. The molecule has 3 aliphatic carbocycles. The van der Waals surface area contributed by atoms with E-state index in [0.717, 1.165) is 38.5 Å². The first kappa shape index (κ1) is 19.2. The quantitative estimate of drug-likeness (QED) is 0.722. The number of aromatic nitrogens is 2. The Bertz CT molecular complexity index is 646. The summed E-state index contributed by atoms with van der Waals surface area (Å²) >= 11 is 0. The zero-order valence-corrected chi connectivity index (χ0v) is 15.7. The first-order valence-electron chi connectivity index (χ1n) is 9.47. The van der Waals surface area contributed by atoms with Gasteiger partial charge in [0, 0.05) is 24.2 Å². The zero-order chi connectivity index (χ0) is 17.4. The van der Waals surface area contributed by atoms with E-state index in [1.807, 2.05) is 0 Å². The molecular weight excluding hydrogens is 354 g/mol. The minimum Gasteiger partial charge on any atom is -0.352 e. The zero-order valence-electron chi connectivity index (χ0n) is 14.9. The van der Waals surface area contributed by atoms with Crippen molar-refractivity contribution >= 4 is 29.9 Å². The Labute approximate surface area is 159 Å². The summed E-state index contributed by atoms with van der Waals surface area (Å²) in [7, 11) is 0. The number of fused-ring (bicyclic) bond motifs is 2. The average molecular weight is 382 g/mol. The molecule has 4 rings (SSSR count). The molecule has 0 spiro atoms. The number of amides is 2. The number of anilines is 1. The Morgan fingerprint density at radius 1 is 1.19 bits per heavy atom. The number of halogens is 1. The summed E-state index contributed by atoms with van der Waals surface area (Å²) in [5, 5.41) is 10.1. The van der Waals surface area contributed by atoms with Gasteiger partial charge in [-0.05, 0) is 50.4 Å². The van der Waals surface area contributed by atoms with Gasteiger partial charge in [-0.15, -0.1) is 12.4 Å². The molecule has 0 radical (unpaired) electrons. The third-order valence-corrected chi connectivity index (χ3v) is 5.93. The highest BCUT2D eigenvalue weighted by molar-refractivity contribution is 5.92.